The lowest BCUT2D eigenvalue weighted by Gasteiger charge is -2.24. The van der Waals surface area contributed by atoms with Crippen molar-refractivity contribution >= 4 is 23.3 Å². The minimum absolute atomic E-state index is 0.124. The summed E-state index contributed by atoms with van der Waals surface area (Å²) in [6.45, 7) is 0.544. The first-order chi connectivity index (χ1) is 18.6. The molecule has 1 aromatic carbocycles. The molecule has 206 valence electrons. The Morgan fingerprint density at radius 1 is 0.795 bits per heavy atom. The highest BCUT2D eigenvalue weighted by atomic mass is 19.4. The number of fused-ring (bicyclic) bond motifs is 3. The van der Waals surface area contributed by atoms with Crippen LogP contribution in [0, 0.1) is 0 Å². The van der Waals surface area contributed by atoms with Crippen molar-refractivity contribution in [2.24, 2.45) is 0 Å². The number of aromatic nitrogens is 3. The van der Waals surface area contributed by atoms with Crippen LogP contribution in [-0.2, 0) is 25.2 Å². The molecule has 0 unspecified atom stereocenters. The molecule has 0 aliphatic carbocycles. The molecule has 6 nitrogen and oxygen atoms in total. The highest BCUT2D eigenvalue weighted by Gasteiger charge is 2.41. The number of hydrogen-bond donors (Lipinski definition) is 1. The van der Waals surface area contributed by atoms with E-state index in [0.717, 1.165) is 55.1 Å². The molecule has 3 aliphatic heterocycles. The summed E-state index contributed by atoms with van der Waals surface area (Å²) in [5, 5.41) is 3.18. The van der Waals surface area contributed by atoms with Gasteiger partial charge in [-0.15, -0.1) is 0 Å². The number of nitrogens with zero attached hydrogens (tertiary/aromatic N) is 5. The second-order valence-corrected chi connectivity index (χ2v) is 10.2. The summed E-state index contributed by atoms with van der Waals surface area (Å²) in [7, 11) is 0. The zero-order valence-corrected chi connectivity index (χ0v) is 20.9. The lowest BCUT2D eigenvalue weighted by molar-refractivity contribution is -0.138. The van der Waals surface area contributed by atoms with E-state index in [4.69, 9.17) is 9.97 Å². The van der Waals surface area contributed by atoms with Crippen LogP contribution in [0.25, 0.3) is 0 Å². The summed E-state index contributed by atoms with van der Waals surface area (Å²) in [4.78, 5) is 17.6. The first-order valence-corrected chi connectivity index (χ1v) is 13.0. The van der Waals surface area contributed by atoms with Gasteiger partial charge >= 0.3 is 12.4 Å². The second kappa shape index (κ2) is 9.56. The Morgan fingerprint density at radius 3 is 2.10 bits per heavy atom. The molecular formula is C27H26F6N6. The quantitative estimate of drug-likeness (QED) is 0.382. The zero-order chi connectivity index (χ0) is 27.4. The van der Waals surface area contributed by atoms with Gasteiger partial charge in [-0.25, -0.2) is 9.97 Å². The zero-order valence-electron chi connectivity index (χ0n) is 20.9. The van der Waals surface area contributed by atoms with E-state index in [1.807, 2.05) is 0 Å². The topological polar surface area (TPSA) is 57.2 Å². The van der Waals surface area contributed by atoms with Gasteiger partial charge in [0.15, 0.2) is 0 Å². The predicted molar refractivity (Wildman–Crippen MR) is 134 cm³/mol. The smallest absolute Gasteiger partial charge is 0.355 e. The molecule has 0 spiro atoms. The van der Waals surface area contributed by atoms with Gasteiger partial charge in [-0.1, -0.05) is 0 Å². The third-order valence-electron chi connectivity index (χ3n) is 7.88. The predicted octanol–water partition coefficient (Wildman–Crippen LogP) is 6.39. The molecule has 2 saturated heterocycles. The summed E-state index contributed by atoms with van der Waals surface area (Å²) in [5.41, 5.74) is 0.365. The number of hydrogen-bond acceptors (Lipinski definition) is 6. The molecular weight excluding hydrogens is 522 g/mol. The molecule has 6 rings (SSSR count). The number of halogens is 6. The SMILES string of the molecule is FC(F)(F)c1ccc(Nc2nc(N3C4CCC3CC4)nc3c2CCN(c2ncccc2C(F)(F)F)CC3)cc1. The molecule has 0 saturated carbocycles. The molecule has 2 bridgehead atoms. The summed E-state index contributed by atoms with van der Waals surface area (Å²) >= 11 is 0. The molecule has 0 atom stereocenters. The average Bonchev–Trinajstić information content (AvgIpc) is 3.42. The molecule has 0 radical (unpaired) electrons. The number of alkyl halides is 6. The Bertz CT molecular complexity index is 1340. The largest absolute Gasteiger partial charge is 0.419 e. The van der Waals surface area contributed by atoms with E-state index < -0.39 is 23.5 Å². The number of pyridine rings is 1. The number of nitrogens with one attached hydrogen (secondary N) is 1. The lowest BCUT2D eigenvalue weighted by Crippen LogP contribution is -2.30. The second-order valence-electron chi connectivity index (χ2n) is 10.2. The van der Waals surface area contributed by atoms with Crippen molar-refractivity contribution in [3.63, 3.8) is 0 Å². The molecule has 0 amide bonds. The normalized spacial score (nSPS) is 21.2. The van der Waals surface area contributed by atoms with Crippen molar-refractivity contribution in [3.8, 4) is 0 Å². The summed E-state index contributed by atoms with van der Waals surface area (Å²) < 4.78 is 80.3. The van der Waals surface area contributed by atoms with Gasteiger partial charge in [0.05, 0.1) is 16.8 Å². The Hall–Kier alpha value is -3.57. The fraction of sp³-hybridized carbons (Fsp3) is 0.444. The van der Waals surface area contributed by atoms with Crippen LogP contribution in [0.2, 0.25) is 0 Å². The van der Waals surface area contributed by atoms with E-state index in [0.29, 0.717) is 42.4 Å². The van der Waals surface area contributed by atoms with Crippen molar-refractivity contribution in [2.75, 3.05) is 28.2 Å². The lowest BCUT2D eigenvalue weighted by atomic mass is 10.0. The maximum Gasteiger partial charge on any atom is 0.419 e. The van der Waals surface area contributed by atoms with Crippen LogP contribution >= 0.6 is 0 Å². The van der Waals surface area contributed by atoms with Crippen molar-refractivity contribution < 1.29 is 26.3 Å². The van der Waals surface area contributed by atoms with E-state index in [1.165, 1.54) is 24.4 Å². The van der Waals surface area contributed by atoms with Crippen molar-refractivity contribution in [3.05, 3.63) is 65.0 Å². The highest BCUT2D eigenvalue weighted by molar-refractivity contribution is 5.64. The number of rotatable bonds is 4. The molecule has 2 fully saturated rings. The fourth-order valence-electron chi connectivity index (χ4n) is 6.01. The van der Waals surface area contributed by atoms with E-state index in [1.54, 1.807) is 4.90 Å². The van der Waals surface area contributed by atoms with Crippen molar-refractivity contribution in [2.45, 2.75) is 63.0 Å². The summed E-state index contributed by atoms with van der Waals surface area (Å²) in [5.74, 6) is 0.913. The first-order valence-electron chi connectivity index (χ1n) is 13.0. The summed E-state index contributed by atoms with van der Waals surface area (Å²) in [6.07, 6.45) is -2.69. The molecule has 3 aromatic rings. The van der Waals surface area contributed by atoms with Gasteiger partial charge in [0.1, 0.15) is 11.6 Å². The molecule has 12 heteroatoms. The van der Waals surface area contributed by atoms with Crippen LogP contribution in [0.1, 0.15) is 48.1 Å². The van der Waals surface area contributed by atoms with Crippen molar-refractivity contribution in [1.82, 2.24) is 15.0 Å². The van der Waals surface area contributed by atoms with Crippen LogP contribution < -0.4 is 15.1 Å². The summed E-state index contributed by atoms with van der Waals surface area (Å²) in [6, 6.07) is 7.70. The van der Waals surface area contributed by atoms with E-state index in [2.05, 4.69) is 15.2 Å². The Morgan fingerprint density at radius 2 is 1.46 bits per heavy atom. The average molecular weight is 549 g/mol. The standard InChI is InChI=1S/C27H26F6N6/c28-26(29,30)16-3-5-17(6-4-16)35-23-20-11-14-38(24-21(27(31,32)33)2-1-13-34-24)15-12-22(20)36-25(37-23)39-18-7-8-19(39)10-9-18/h1-6,13,18-19H,7-12,14-15H2,(H,35,36,37). The Balaban J connectivity index is 1.35. The maximum atomic E-state index is 13.7. The van der Waals surface area contributed by atoms with E-state index >= 15 is 0 Å². The van der Waals surface area contributed by atoms with Crippen LogP contribution in [0.4, 0.5) is 49.6 Å². The minimum atomic E-state index is -4.54. The van der Waals surface area contributed by atoms with Gasteiger partial charge in [0.25, 0.3) is 0 Å². The molecule has 3 aliphatic rings. The van der Waals surface area contributed by atoms with Crippen LogP contribution in [-0.4, -0.2) is 40.1 Å². The first kappa shape index (κ1) is 25.7. The molecule has 39 heavy (non-hydrogen) atoms. The van der Waals surface area contributed by atoms with Gasteiger partial charge in [0.2, 0.25) is 5.95 Å². The Kier molecular flexibility index (Phi) is 6.30. The van der Waals surface area contributed by atoms with E-state index in [9.17, 15) is 26.3 Å². The third kappa shape index (κ3) is 4.96. The van der Waals surface area contributed by atoms with Crippen LogP contribution in [0.15, 0.2) is 42.6 Å². The molecule has 5 heterocycles. The highest BCUT2D eigenvalue weighted by Crippen LogP contribution is 2.41. The fourth-order valence-corrected chi connectivity index (χ4v) is 6.01. The monoisotopic (exact) mass is 548 g/mol. The Labute approximate surface area is 221 Å². The van der Waals surface area contributed by atoms with Gasteiger partial charge in [-0.05, 0) is 68.5 Å². The van der Waals surface area contributed by atoms with Gasteiger partial charge in [-0.3, -0.25) is 0 Å². The number of benzene rings is 1. The molecule has 1 N–H and O–H groups in total. The van der Waals surface area contributed by atoms with Gasteiger partial charge < -0.3 is 15.1 Å². The maximum absolute atomic E-state index is 13.7. The van der Waals surface area contributed by atoms with E-state index in [-0.39, 0.29) is 18.9 Å². The van der Waals surface area contributed by atoms with Gasteiger partial charge in [0, 0.05) is 49.0 Å². The third-order valence-corrected chi connectivity index (χ3v) is 7.88. The van der Waals surface area contributed by atoms with Gasteiger partial charge in [-0.2, -0.15) is 31.3 Å². The van der Waals surface area contributed by atoms with Crippen LogP contribution in [0.5, 0.6) is 0 Å². The van der Waals surface area contributed by atoms with Crippen molar-refractivity contribution in [1.29, 1.82) is 0 Å². The minimum Gasteiger partial charge on any atom is -0.355 e. The van der Waals surface area contributed by atoms with Crippen LogP contribution in [0.3, 0.4) is 0 Å². The number of anilines is 4. The molecule has 2 aromatic heterocycles.